The number of carbonyl (C=O) groups excluding carboxylic acids is 3. The molecule has 2 unspecified atom stereocenters. The molecule has 0 spiro atoms. The van der Waals surface area contributed by atoms with Crippen LogP contribution in [0.1, 0.15) is 41.2 Å². The Labute approximate surface area is 203 Å². The molecule has 0 radical (unpaired) electrons. The van der Waals surface area contributed by atoms with E-state index in [-0.39, 0.29) is 23.1 Å². The van der Waals surface area contributed by atoms with Gasteiger partial charge in [0.25, 0.3) is 11.8 Å². The smallest absolute Gasteiger partial charge is 0.291 e. The maximum Gasteiger partial charge on any atom is 0.291 e. The van der Waals surface area contributed by atoms with E-state index in [0.29, 0.717) is 17.8 Å². The SMILES string of the molecule is CCC(C)C(NC(=O)c1ccccc1NC(=O)c1ccco1)C(=O)Nc1ccc2ccccc2c1. The number of para-hydroxylation sites is 1. The lowest BCUT2D eigenvalue weighted by Crippen LogP contribution is -2.47. The normalized spacial score (nSPS) is 12.5. The molecule has 3 amide bonds. The second-order valence-corrected chi connectivity index (χ2v) is 8.36. The van der Waals surface area contributed by atoms with Gasteiger partial charge in [0.05, 0.1) is 17.5 Å². The Morgan fingerprint density at radius 3 is 2.31 bits per heavy atom. The highest BCUT2D eigenvalue weighted by atomic mass is 16.3. The van der Waals surface area contributed by atoms with Crippen LogP contribution in [0, 0.1) is 5.92 Å². The molecule has 0 fully saturated rings. The van der Waals surface area contributed by atoms with E-state index in [9.17, 15) is 14.4 Å². The zero-order chi connectivity index (χ0) is 24.8. The summed E-state index contributed by atoms with van der Waals surface area (Å²) in [6.07, 6.45) is 2.09. The van der Waals surface area contributed by atoms with Crippen LogP contribution in [-0.4, -0.2) is 23.8 Å². The second kappa shape index (κ2) is 10.7. The average molecular weight is 470 g/mol. The van der Waals surface area contributed by atoms with E-state index < -0.39 is 17.9 Å². The van der Waals surface area contributed by atoms with E-state index in [1.807, 2.05) is 56.3 Å². The van der Waals surface area contributed by atoms with Crippen LogP contribution in [0.3, 0.4) is 0 Å². The van der Waals surface area contributed by atoms with Crippen molar-refractivity contribution in [3.63, 3.8) is 0 Å². The number of hydrogen-bond donors (Lipinski definition) is 3. The molecule has 7 nitrogen and oxygen atoms in total. The molecular weight excluding hydrogens is 442 g/mol. The number of hydrogen-bond acceptors (Lipinski definition) is 4. The Morgan fingerprint density at radius 1 is 0.829 bits per heavy atom. The van der Waals surface area contributed by atoms with Gasteiger partial charge in [-0.15, -0.1) is 0 Å². The van der Waals surface area contributed by atoms with Crippen molar-refractivity contribution in [2.75, 3.05) is 10.6 Å². The van der Waals surface area contributed by atoms with Crippen LogP contribution >= 0.6 is 0 Å². The van der Waals surface area contributed by atoms with Crippen LogP contribution in [0.15, 0.2) is 89.5 Å². The summed E-state index contributed by atoms with van der Waals surface area (Å²) in [7, 11) is 0. The molecule has 3 N–H and O–H groups in total. The van der Waals surface area contributed by atoms with E-state index in [0.717, 1.165) is 10.8 Å². The van der Waals surface area contributed by atoms with Gasteiger partial charge in [0, 0.05) is 5.69 Å². The highest BCUT2D eigenvalue weighted by Gasteiger charge is 2.27. The second-order valence-electron chi connectivity index (χ2n) is 8.36. The first kappa shape index (κ1) is 23.8. The molecule has 7 heteroatoms. The first-order chi connectivity index (χ1) is 17.0. The maximum absolute atomic E-state index is 13.2. The van der Waals surface area contributed by atoms with Crippen molar-refractivity contribution in [3.8, 4) is 0 Å². The third-order valence-corrected chi connectivity index (χ3v) is 5.96. The van der Waals surface area contributed by atoms with Crippen molar-refractivity contribution in [1.82, 2.24) is 5.32 Å². The van der Waals surface area contributed by atoms with Gasteiger partial charge in [0.1, 0.15) is 6.04 Å². The predicted octanol–water partition coefficient (Wildman–Crippen LogP) is 5.47. The van der Waals surface area contributed by atoms with Gasteiger partial charge in [-0.2, -0.15) is 0 Å². The van der Waals surface area contributed by atoms with Crippen LogP contribution in [-0.2, 0) is 4.79 Å². The fraction of sp³-hybridized carbons (Fsp3) is 0.179. The minimum Gasteiger partial charge on any atom is -0.459 e. The molecular formula is C28H27N3O4. The summed E-state index contributed by atoms with van der Waals surface area (Å²) in [5.41, 5.74) is 1.23. The number of carbonyl (C=O) groups is 3. The van der Waals surface area contributed by atoms with Crippen LogP contribution in [0.5, 0.6) is 0 Å². The van der Waals surface area contributed by atoms with Crippen molar-refractivity contribution in [3.05, 3.63) is 96.4 Å². The van der Waals surface area contributed by atoms with Crippen LogP contribution in [0.2, 0.25) is 0 Å². The topological polar surface area (TPSA) is 100 Å². The Bertz CT molecular complexity index is 1350. The first-order valence-corrected chi connectivity index (χ1v) is 11.5. The Balaban J connectivity index is 1.52. The average Bonchev–Trinajstić information content (AvgIpc) is 3.42. The number of fused-ring (bicyclic) bond motifs is 1. The molecule has 0 aliphatic carbocycles. The minimum absolute atomic E-state index is 0.121. The zero-order valence-electron chi connectivity index (χ0n) is 19.6. The van der Waals surface area contributed by atoms with Crippen molar-refractivity contribution in [2.45, 2.75) is 26.3 Å². The Hall–Kier alpha value is -4.39. The molecule has 0 aliphatic rings. The molecule has 1 aromatic heterocycles. The first-order valence-electron chi connectivity index (χ1n) is 11.5. The highest BCUT2D eigenvalue weighted by molar-refractivity contribution is 6.09. The third-order valence-electron chi connectivity index (χ3n) is 5.96. The summed E-state index contributed by atoms with van der Waals surface area (Å²) in [6, 6.07) is 22.6. The van der Waals surface area contributed by atoms with Gasteiger partial charge in [-0.05, 0) is 53.1 Å². The van der Waals surface area contributed by atoms with Gasteiger partial charge in [-0.3, -0.25) is 14.4 Å². The summed E-state index contributed by atoms with van der Waals surface area (Å²) < 4.78 is 5.13. The predicted molar refractivity (Wildman–Crippen MR) is 136 cm³/mol. The molecule has 3 aromatic carbocycles. The van der Waals surface area contributed by atoms with Crippen molar-refractivity contribution >= 4 is 39.9 Å². The van der Waals surface area contributed by atoms with Crippen LogP contribution in [0.25, 0.3) is 10.8 Å². The van der Waals surface area contributed by atoms with Gasteiger partial charge < -0.3 is 20.4 Å². The van der Waals surface area contributed by atoms with Gasteiger partial charge in [-0.25, -0.2) is 0 Å². The lowest BCUT2D eigenvalue weighted by molar-refractivity contribution is -0.119. The number of furan rings is 1. The number of amides is 3. The quantitative estimate of drug-likeness (QED) is 0.319. The molecule has 0 saturated heterocycles. The number of benzene rings is 3. The summed E-state index contributed by atoms with van der Waals surface area (Å²) in [6.45, 7) is 3.88. The fourth-order valence-corrected chi connectivity index (χ4v) is 3.79. The fourth-order valence-electron chi connectivity index (χ4n) is 3.79. The van der Waals surface area contributed by atoms with Crippen molar-refractivity contribution < 1.29 is 18.8 Å². The highest BCUT2D eigenvalue weighted by Crippen LogP contribution is 2.21. The molecule has 0 aliphatic heterocycles. The monoisotopic (exact) mass is 469 g/mol. The van der Waals surface area contributed by atoms with E-state index in [1.165, 1.54) is 12.3 Å². The van der Waals surface area contributed by atoms with Crippen LogP contribution < -0.4 is 16.0 Å². The summed E-state index contributed by atoms with van der Waals surface area (Å²) in [4.78, 5) is 38.9. The standard InChI is InChI=1S/C28H27N3O4/c1-3-18(2)25(28(34)29-21-15-14-19-9-4-5-10-20(19)17-21)31-26(32)22-11-6-7-12-23(22)30-27(33)24-13-8-16-35-24/h4-18,25H,3H2,1-2H3,(H,29,34)(H,30,33)(H,31,32). The van der Waals surface area contributed by atoms with E-state index in [2.05, 4.69) is 16.0 Å². The summed E-state index contributed by atoms with van der Waals surface area (Å²) >= 11 is 0. The van der Waals surface area contributed by atoms with Gasteiger partial charge in [-0.1, -0.05) is 62.7 Å². The lowest BCUT2D eigenvalue weighted by Gasteiger charge is -2.24. The maximum atomic E-state index is 13.2. The van der Waals surface area contributed by atoms with E-state index >= 15 is 0 Å². The number of rotatable bonds is 8. The molecule has 35 heavy (non-hydrogen) atoms. The molecule has 178 valence electrons. The Kier molecular flexibility index (Phi) is 7.26. The van der Waals surface area contributed by atoms with Crippen molar-refractivity contribution in [1.29, 1.82) is 0 Å². The van der Waals surface area contributed by atoms with Gasteiger partial charge in [0.15, 0.2) is 5.76 Å². The molecule has 0 saturated carbocycles. The molecule has 1 heterocycles. The van der Waals surface area contributed by atoms with Crippen LogP contribution in [0.4, 0.5) is 11.4 Å². The van der Waals surface area contributed by atoms with E-state index in [1.54, 1.807) is 30.3 Å². The largest absolute Gasteiger partial charge is 0.459 e. The summed E-state index contributed by atoms with van der Waals surface area (Å²) in [5.74, 6) is -1.22. The Morgan fingerprint density at radius 2 is 1.57 bits per heavy atom. The summed E-state index contributed by atoms with van der Waals surface area (Å²) in [5, 5.41) is 10.6. The molecule has 4 aromatic rings. The van der Waals surface area contributed by atoms with Gasteiger partial charge in [0.2, 0.25) is 5.91 Å². The van der Waals surface area contributed by atoms with Gasteiger partial charge >= 0.3 is 0 Å². The molecule has 2 atom stereocenters. The third kappa shape index (κ3) is 5.58. The lowest BCUT2D eigenvalue weighted by atomic mass is 9.97. The number of anilines is 2. The number of nitrogens with one attached hydrogen (secondary N) is 3. The van der Waals surface area contributed by atoms with Crippen molar-refractivity contribution in [2.24, 2.45) is 5.92 Å². The minimum atomic E-state index is -0.771. The zero-order valence-corrected chi connectivity index (χ0v) is 19.6. The van der Waals surface area contributed by atoms with E-state index in [4.69, 9.17) is 4.42 Å². The molecule has 4 rings (SSSR count). The molecule has 0 bridgehead atoms.